The van der Waals surface area contributed by atoms with Gasteiger partial charge in [-0.15, -0.1) is 0 Å². The Balaban J connectivity index is 1.98. The lowest BCUT2D eigenvalue weighted by Crippen LogP contribution is -2.55. The first kappa shape index (κ1) is 28.9. The minimum atomic E-state index is 0.0641. The Morgan fingerprint density at radius 1 is 0.906 bits per heavy atom. The maximum absolute atomic E-state index is 11.2. The van der Waals surface area contributed by atoms with Gasteiger partial charge in [0, 0.05) is 13.3 Å². The monoisotopic (exact) mass is 448 g/mol. The highest BCUT2D eigenvalue weighted by Gasteiger charge is 2.37. The van der Waals surface area contributed by atoms with E-state index >= 15 is 0 Å². The van der Waals surface area contributed by atoms with Crippen LogP contribution in [0.25, 0.3) is 0 Å². The molecule has 1 N–H and O–H groups in total. The molecule has 32 heavy (non-hydrogen) atoms. The van der Waals surface area contributed by atoms with E-state index in [4.69, 9.17) is 4.99 Å². The molecular formula is C28H54N3O+. The second-order valence-corrected chi connectivity index (χ2v) is 9.82. The van der Waals surface area contributed by atoms with E-state index in [0.29, 0.717) is 6.17 Å². The summed E-state index contributed by atoms with van der Waals surface area (Å²) in [5.41, 5.74) is 0. The first-order valence-electron chi connectivity index (χ1n) is 13.9. The van der Waals surface area contributed by atoms with Crippen LogP contribution in [0.4, 0.5) is 0 Å². The molecule has 186 valence electrons. The van der Waals surface area contributed by atoms with Gasteiger partial charge in [-0.3, -0.25) is 9.28 Å². The van der Waals surface area contributed by atoms with Gasteiger partial charge in [0.25, 0.3) is 0 Å². The topological polar surface area (TPSA) is 41.5 Å². The summed E-state index contributed by atoms with van der Waals surface area (Å²) in [4.78, 5) is 16.0. The van der Waals surface area contributed by atoms with E-state index in [9.17, 15) is 4.79 Å². The van der Waals surface area contributed by atoms with Crippen molar-refractivity contribution in [2.75, 3.05) is 26.2 Å². The Morgan fingerprint density at radius 2 is 1.47 bits per heavy atom. The van der Waals surface area contributed by atoms with Crippen molar-refractivity contribution in [2.24, 2.45) is 4.99 Å². The lowest BCUT2D eigenvalue weighted by molar-refractivity contribution is -0.935. The van der Waals surface area contributed by atoms with Gasteiger partial charge in [-0.2, -0.15) is 0 Å². The molecule has 0 fully saturated rings. The van der Waals surface area contributed by atoms with Crippen LogP contribution in [0.2, 0.25) is 0 Å². The number of aliphatic imine (C=N–C) groups is 1. The van der Waals surface area contributed by atoms with Gasteiger partial charge in [-0.05, 0) is 32.6 Å². The molecule has 0 aromatic heterocycles. The van der Waals surface area contributed by atoms with Crippen LogP contribution in [0, 0.1) is 0 Å². The highest BCUT2D eigenvalue weighted by Crippen LogP contribution is 2.23. The molecule has 0 saturated heterocycles. The van der Waals surface area contributed by atoms with Gasteiger partial charge in [-0.25, -0.2) is 4.99 Å². The number of nitrogens with zero attached hydrogens (tertiary/aromatic N) is 2. The largest absolute Gasteiger partial charge is 0.351 e. The van der Waals surface area contributed by atoms with E-state index in [1.165, 1.54) is 96.3 Å². The highest BCUT2D eigenvalue weighted by atomic mass is 16.1. The molecule has 2 atom stereocenters. The van der Waals surface area contributed by atoms with Crippen LogP contribution in [0.15, 0.2) is 17.1 Å². The molecule has 1 amide bonds. The van der Waals surface area contributed by atoms with Gasteiger partial charge in [0.2, 0.25) is 5.91 Å². The molecule has 0 aromatic rings. The third-order valence-corrected chi connectivity index (χ3v) is 7.14. The Bertz CT molecular complexity index is 517. The normalized spacial score (nSPS) is 20.4. The van der Waals surface area contributed by atoms with Crippen molar-refractivity contribution >= 4 is 12.1 Å². The highest BCUT2D eigenvalue weighted by molar-refractivity contribution is 5.72. The van der Waals surface area contributed by atoms with Crippen molar-refractivity contribution in [3.63, 3.8) is 0 Å². The number of hydrogen-bond acceptors (Lipinski definition) is 2. The van der Waals surface area contributed by atoms with Crippen LogP contribution in [-0.4, -0.2) is 48.9 Å². The molecule has 0 aromatic carbocycles. The molecule has 4 heteroatoms. The summed E-state index contributed by atoms with van der Waals surface area (Å²) in [5, 5.41) is 2.96. The Hall–Kier alpha value is -1.16. The lowest BCUT2D eigenvalue weighted by Gasteiger charge is -2.38. The van der Waals surface area contributed by atoms with Gasteiger partial charge in [0.05, 0.1) is 25.8 Å². The van der Waals surface area contributed by atoms with Crippen LogP contribution in [0.3, 0.4) is 0 Å². The van der Waals surface area contributed by atoms with E-state index in [1.54, 1.807) is 6.92 Å². The van der Waals surface area contributed by atoms with Crippen LogP contribution < -0.4 is 5.32 Å². The number of rotatable bonds is 21. The number of likely N-dealkylation sites (N-methyl/N-ethyl adjacent to an activating group) is 1. The van der Waals surface area contributed by atoms with Crippen molar-refractivity contribution < 1.29 is 9.28 Å². The fourth-order valence-electron chi connectivity index (χ4n) is 4.89. The summed E-state index contributed by atoms with van der Waals surface area (Å²) in [6, 6.07) is 0. The lowest BCUT2D eigenvalue weighted by atomic mass is 10.0. The first-order chi connectivity index (χ1) is 15.6. The Kier molecular flexibility index (Phi) is 17.4. The standard InChI is InChI=1S/C28H53N3O/c1-4-6-7-8-9-10-11-12-13-14-15-16-17-18-19-20-21-22-28-30-24-26-31(28,5-2)25-23-29-27(3)32/h18-19,24,28H,4-17,20-23,25-26H2,1-3H3/p+1/b19-18+. The van der Waals surface area contributed by atoms with Crippen molar-refractivity contribution in [3.8, 4) is 0 Å². The van der Waals surface area contributed by atoms with Gasteiger partial charge in [0.15, 0.2) is 6.17 Å². The Morgan fingerprint density at radius 3 is 2.03 bits per heavy atom. The molecule has 0 saturated carbocycles. The smallest absolute Gasteiger partial charge is 0.217 e. The number of amides is 1. The Labute approximate surface area is 199 Å². The van der Waals surface area contributed by atoms with Gasteiger partial charge in [0.1, 0.15) is 6.54 Å². The molecule has 0 aliphatic carbocycles. The SMILES string of the molecule is CCCCCCCCCCCCCC/C=C/CCCC1N=CC[N+]1(CC)CCNC(C)=O. The zero-order valence-corrected chi connectivity index (χ0v) is 21.8. The minimum Gasteiger partial charge on any atom is -0.351 e. The van der Waals surface area contributed by atoms with Crippen LogP contribution >= 0.6 is 0 Å². The molecule has 4 nitrogen and oxygen atoms in total. The number of carbonyl (C=O) groups is 1. The summed E-state index contributed by atoms with van der Waals surface area (Å²) in [5.74, 6) is 0.0641. The van der Waals surface area contributed by atoms with Crippen LogP contribution in [0.5, 0.6) is 0 Å². The summed E-state index contributed by atoms with van der Waals surface area (Å²) < 4.78 is 1.00. The molecule has 1 heterocycles. The fraction of sp³-hybridized carbons (Fsp3) is 0.857. The van der Waals surface area contributed by atoms with Crippen molar-refractivity contribution in [1.29, 1.82) is 0 Å². The number of hydrogen-bond donors (Lipinski definition) is 1. The van der Waals surface area contributed by atoms with Crippen LogP contribution in [-0.2, 0) is 4.79 Å². The van der Waals surface area contributed by atoms with Crippen molar-refractivity contribution in [1.82, 2.24) is 5.32 Å². The quantitative estimate of drug-likeness (QED) is 0.113. The second-order valence-electron chi connectivity index (χ2n) is 9.82. The average molecular weight is 449 g/mol. The molecule has 1 aliphatic heterocycles. The molecule has 1 rings (SSSR count). The minimum absolute atomic E-state index is 0.0641. The zero-order chi connectivity index (χ0) is 23.3. The van der Waals surface area contributed by atoms with E-state index < -0.39 is 0 Å². The summed E-state index contributed by atoms with van der Waals surface area (Å²) in [6.45, 7) is 9.96. The number of quaternary nitrogens is 1. The second kappa shape index (κ2) is 19.3. The average Bonchev–Trinajstić information content (AvgIpc) is 3.18. The number of carbonyl (C=O) groups excluding carboxylic acids is 1. The number of allylic oxidation sites excluding steroid dienone is 2. The third kappa shape index (κ3) is 13.4. The molecule has 0 bridgehead atoms. The van der Waals surface area contributed by atoms with E-state index in [2.05, 4.69) is 37.5 Å². The van der Waals surface area contributed by atoms with Crippen molar-refractivity contribution in [3.05, 3.63) is 12.2 Å². The predicted octanol–water partition coefficient (Wildman–Crippen LogP) is 7.19. The summed E-state index contributed by atoms with van der Waals surface area (Å²) in [6.07, 6.45) is 29.1. The molecular weight excluding hydrogens is 394 g/mol. The predicted molar refractivity (Wildman–Crippen MR) is 140 cm³/mol. The molecule has 2 unspecified atom stereocenters. The van der Waals surface area contributed by atoms with Gasteiger partial charge in [-0.1, -0.05) is 89.7 Å². The summed E-state index contributed by atoms with van der Waals surface area (Å²) in [7, 11) is 0. The molecule has 0 radical (unpaired) electrons. The molecule has 0 spiro atoms. The fourth-order valence-corrected chi connectivity index (χ4v) is 4.89. The van der Waals surface area contributed by atoms with E-state index in [-0.39, 0.29) is 5.91 Å². The zero-order valence-electron chi connectivity index (χ0n) is 21.8. The third-order valence-electron chi connectivity index (χ3n) is 7.14. The van der Waals surface area contributed by atoms with Crippen LogP contribution in [0.1, 0.15) is 124 Å². The summed E-state index contributed by atoms with van der Waals surface area (Å²) >= 11 is 0. The number of unbranched alkanes of at least 4 members (excludes halogenated alkanes) is 13. The van der Waals surface area contributed by atoms with E-state index in [0.717, 1.165) is 37.1 Å². The molecule has 1 aliphatic rings. The van der Waals surface area contributed by atoms with Gasteiger partial charge >= 0.3 is 0 Å². The maximum Gasteiger partial charge on any atom is 0.217 e. The first-order valence-corrected chi connectivity index (χ1v) is 13.9. The number of nitrogens with one attached hydrogen (secondary N) is 1. The van der Waals surface area contributed by atoms with Crippen molar-refractivity contribution in [2.45, 2.75) is 130 Å². The van der Waals surface area contributed by atoms with E-state index in [1.807, 2.05) is 0 Å². The maximum atomic E-state index is 11.2. The van der Waals surface area contributed by atoms with Gasteiger partial charge < -0.3 is 5.32 Å².